The van der Waals surface area contributed by atoms with Crippen LogP contribution in [0, 0.1) is 24.5 Å². The summed E-state index contributed by atoms with van der Waals surface area (Å²) in [4.78, 5) is 0. The van der Waals surface area contributed by atoms with Crippen LogP contribution in [0.15, 0.2) is 12.1 Å². The third kappa shape index (κ3) is 2.59. The monoisotopic (exact) mass is 225 g/mol. The average Bonchev–Trinajstić information content (AvgIpc) is 2.27. The van der Waals surface area contributed by atoms with Crippen molar-refractivity contribution in [3.63, 3.8) is 0 Å². The molecular weight excluding hydrogens is 208 g/mol. The molecule has 2 rings (SSSR count). The van der Waals surface area contributed by atoms with Crippen molar-refractivity contribution >= 4 is 0 Å². The fraction of sp³-hybridized carbons (Fsp3) is 0.538. The molecule has 0 aliphatic carbocycles. The zero-order valence-electron chi connectivity index (χ0n) is 9.52. The van der Waals surface area contributed by atoms with Gasteiger partial charge in [-0.2, -0.15) is 0 Å². The van der Waals surface area contributed by atoms with Gasteiger partial charge < -0.3 is 5.32 Å². The molecule has 0 amide bonds. The summed E-state index contributed by atoms with van der Waals surface area (Å²) in [5, 5.41) is 3.30. The van der Waals surface area contributed by atoms with Gasteiger partial charge in [-0.3, -0.25) is 0 Å². The van der Waals surface area contributed by atoms with Gasteiger partial charge >= 0.3 is 0 Å². The predicted molar refractivity (Wildman–Crippen MR) is 60.4 cm³/mol. The molecule has 88 valence electrons. The average molecular weight is 225 g/mol. The summed E-state index contributed by atoms with van der Waals surface area (Å²) < 4.78 is 26.3. The summed E-state index contributed by atoms with van der Waals surface area (Å²) in [6, 6.07) is 3.10. The van der Waals surface area contributed by atoms with E-state index in [1.54, 1.807) is 13.0 Å². The van der Waals surface area contributed by atoms with Crippen LogP contribution in [-0.2, 0) is 6.42 Å². The minimum absolute atomic E-state index is 0.406. The van der Waals surface area contributed by atoms with Gasteiger partial charge in [0.25, 0.3) is 0 Å². The first-order chi connectivity index (χ1) is 7.66. The number of rotatable bonds is 2. The van der Waals surface area contributed by atoms with Crippen LogP contribution >= 0.6 is 0 Å². The van der Waals surface area contributed by atoms with Crippen LogP contribution in [-0.4, -0.2) is 13.1 Å². The maximum Gasteiger partial charge on any atom is 0.161 e. The SMILES string of the molecule is Cc1cc(CC2CCNCC2)cc(F)c1F. The molecule has 0 atom stereocenters. The summed E-state index contributed by atoms with van der Waals surface area (Å²) in [5.41, 5.74) is 1.33. The van der Waals surface area contributed by atoms with Crippen LogP contribution in [0.4, 0.5) is 8.78 Å². The Morgan fingerprint density at radius 3 is 2.56 bits per heavy atom. The van der Waals surface area contributed by atoms with Gasteiger partial charge in [0.15, 0.2) is 11.6 Å². The molecule has 0 saturated carbocycles. The van der Waals surface area contributed by atoms with Crippen LogP contribution < -0.4 is 5.32 Å². The number of aryl methyl sites for hydroxylation is 1. The lowest BCUT2D eigenvalue weighted by atomic mass is 9.90. The highest BCUT2D eigenvalue weighted by Crippen LogP contribution is 2.21. The van der Waals surface area contributed by atoms with Gasteiger partial charge in [-0.25, -0.2) is 8.78 Å². The highest BCUT2D eigenvalue weighted by Gasteiger charge is 2.15. The Labute approximate surface area is 94.9 Å². The zero-order chi connectivity index (χ0) is 11.5. The quantitative estimate of drug-likeness (QED) is 0.816. The van der Waals surface area contributed by atoms with E-state index in [0.717, 1.165) is 37.9 Å². The molecule has 0 radical (unpaired) electrons. The Morgan fingerprint density at radius 1 is 1.25 bits per heavy atom. The van der Waals surface area contributed by atoms with E-state index in [-0.39, 0.29) is 0 Å². The van der Waals surface area contributed by atoms with Crippen molar-refractivity contribution in [1.29, 1.82) is 0 Å². The van der Waals surface area contributed by atoms with E-state index in [9.17, 15) is 8.78 Å². The van der Waals surface area contributed by atoms with Crippen molar-refractivity contribution < 1.29 is 8.78 Å². The minimum Gasteiger partial charge on any atom is -0.317 e. The van der Waals surface area contributed by atoms with Crippen molar-refractivity contribution in [2.24, 2.45) is 5.92 Å². The van der Waals surface area contributed by atoms with E-state index in [2.05, 4.69) is 5.32 Å². The predicted octanol–water partition coefficient (Wildman–Crippen LogP) is 2.82. The number of benzene rings is 1. The van der Waals surface area contributed by atoms with Crippen molar-refractivity contribution in [1.82, 2.24) is 5.32 Å². The molecule has 0 unspecified atom stereocenters. The Morgan fingerprint density at radius 2 is 1.94 bits per heavy atom. The molecule has 1 nitrogen and oxygen atoms in total. The van der Waals surface area contributed by atoms with Crippen LogP contribution in [0.5, 0.6) is 0 Å². The first-order valence-electron chi connectivity index (χ1n) is 5.82. The molecule has 1 aliphatic heterocycles. The summed E-state index contributed by atoms with van der Waals surface area (Å²) >= 11 is 0. The lowest BCUT2D eigenvalue weighted by Crippen LogP contribution is -2.28. The van der Waals surface area contributed by atoms with E-state index in [1.807, 2.05) is 0 Å². The van der Waals surface area contributed by atoms with Crippen LogP contribution in [0.25, 0.3) is 0 Å². The summed E-state index contributed by atoms with van der Waals surface area (Å²) in [5.74, 6) is -0.830. The first-order valence-corrected chi connectivity index (χ1v) is 5.82. The van der Waals surface area contributed by atoms with E-state index in [1.165, 1.54) is 6.07 Å². The molecule has 3 heteroatoms. The second-order valence-corrected chi connectivity index (χ2v) is 4.61. The highest BCUT2D eigenvalue weighted by atomic mass is 19.2. The molecule has 0 spiro atoms. The van der Waals surface area contributed by atoms with Gasteiger partial charge in [-0.15, -0.1) is 0 Å². The molecule has 0 bridgehead atoms. The topological polar surface area (TPSA) is 12.0 Å². The Bertz CT molecular complexity index is 347. The molecule has 1 aromatic carbocycles. The standard InChI is InChI=1S/C13H17F2N/c1-9-6-11(8-12(14)13(9)15)7-10-2-4-16-5-3-10/h6,8,10,16H,2-5,7H2,1H3. The molecule has 0 aromatic heterocycles. The van der Waals surface area contributed by atoms with E-state index < -0.39 is 11.6 Å². The van der Waals surface area contributed by atoms with E-state index >= 15 is 0 Å². The molecule has 16 heavy (non-hydrogen) atoms. The Hall–Kier alpha value is -0.960. The summed E-state index contributed by atoms with van der Waals surface area (Å²) in [7, 11) is 0. The minimum atomic E-state index is -0.719. The molecular formula is C13H17F2N. The fourth-order valence-corrected chi connectivity index (χ4v) is 2.33. The first kappa shape index (κ1) is 11.5. The third-order valence-corrected chi connectivity index (χ3v) is 3.25. The number of piperidine rings is 1. The van der Waals surface area contributed by atoms with E-state index in [0.29, 0.717) is 11.5 Å². The van der Waals surface area contributed by atoms with Crippen LogP contribution in [0.2, 0.25) is 0 Å². The van der Waals surface area contributed by atoms with Crippen molar-refractivity contribution in [3.05, 3.63) is 34.9 Å². The van der Waals surface area contributed by atoms with Crippen LogP contribution in [0.3, 0.4) is 0 Å². The third-order valence-electron chi connectivity index (χ3n) is 3.25. The number of halogens is 2. The fourth-order valence-electron chi connectivity index (χ4n) is 2.33. The Kier molecular flexibility index (Phi) is 3.54. The van der Waals surface area contributed by atoms with Gasteiger partial charge in [0.2, 0.25) is 0 Å². The maximum atomic E-state index is 13.2. The van der Waals surface area contributed by atoms with Gasteiger partial charge in [0.1, 0.15) is 0 Å². The van der Waals surface area contributed by atoms with Gasteiger partial charge in [-0.05, 0) is 62.4 Å². The zero-order valence-corrected chi connectivity index (χ0v) is 9.52. The maximum absolute atomic E-state index is 13.2. The van der Waals surface area contributed by atoms with Gasteiger partial charge in [0, 0.05) is 0 Å². The molecule has 1 heterocycles. The highest BCUT2D eigenvalue weighted by molar-refractivity contribution is 5.25. The number of hydrogen-bond donors (Lipinski definition) is 1. The van der Waals surface area contributed by atoms with Crippen molar-refractivity contribution in [3.8, 4) is 0 Å². The number of hydrogen-bond acceptors (Lipinski definition) is 1. The number of nitrogens with one attached hydrogen (secondary N) is 1. The molecule has 1 N–H and O–H groups in total. The van der Waals surface area contributed by atoms with E-state index in [4.69, 9.17) is 0 Å². The second kappa shape index (κ2) is 4.91. The molecule has 1 fully saturated rings. The lowest BCUT2D eigenvalue weighted by Gasteiger charge is -2.22. The van der Waals surface area contributed by atoms with Crippen molar-refractivity contribution in [2.45, 2.75) is 26.2 Å². The molecule has 1 aromatic rings. The van der Waals surface area contributed by atoms with Crippen molar-refractivity contribution in [2.75, 3.05) is 13.1 Å². The second-order valence-electron chi connectivity index (χ2n) is 4.61. The Balaban J connectivity index is 2.09. The lowest BCUT2D eigenvalue weighted by molar-refractivity contribution is 0.371. The molecule has 1 aliphatic rings. The summed E-state index contributed by atoms with van der Waals surface area (Å²) in [6.07, 6.45) is 3.11. The normalized spacial score (nSPS) is 17.7. The van der Waals surface area contributed by atoms with Crippen LogP contribution in [0.1, 0.15) is 24.0 Å². The smallest absolute Gasteiger partial charge is 0.161 e. The largest absolute Gasteiger partial charge is 0.317 e. The van der Waals surface area contributed by atoms with Gasteiger partial charge in [-0.1, -0.05) is 6.07 Å². The summed E-state index contributed by atoms with van der Waals surface area (Å²) in [6.45, 7) is 3.69. The molecule has 1 saturated heterocycles. The van der Waals surface area contributed by atoms with Gasteiger partial charge in [0.05, 0.1) is 0 Å².